The summed E-state index contributed by atoms with van der Waals surface area (Å²) in [5.41, 5.74) is 1.01. The van der Waals surface area contributed by atoms with E-state index < -0.39 is 0 Å². The Morgan fingerprint density at radius 1 is 1.62 bits per heavy atom. The highest BCUT2D eigenvalue weighted by Crippen LogP contribution is 2.22. The van der Waals surface area contributed by atoms with Crippen molar-refractivity contribution in [2.45, 2.75) is 44.4 Å². The Morgan fingerprint density at radius 3 is 2.69 bits per heavy atom. The maximum atomic E-state index is 11.6. The molecule has 0 aliphatic rings. The first-order valence-corrected chi connectivity index (χ1v) is 6.27. The molecule has 0 spiro atoms. The van der Waals surface area contributed by atoms with Crippen molar-refractivity contribution in [2.75, 3.05) is 5.32 Å². The normalized spacial score (nSPS) is 13.6. The van der Waals surface area contributed by atoms with Crippen LogP contribution < -0.4 is 5.32 Å². The Kier molecular flexibility index (Phi) is 4.13. The van der Waals surface area contributed by atoms with Crippen LogP contribution >= 0.6 is 15.9 Å². The van der Waals surface area contributed by atoms with Gasteiger partial charge < -0.3 is 5.32 Å². The topological polar surface area (TPSA) is 57.8 Å². The molecule has 1 unspecified atom stereocenters. The van der Waals surface area contributed by atoms with Gasteiger partial charge in [0.25, 0.3) is 0 Å². The molecule has 0 aliphatic carbocycles. The number of hydrogen-bond acceptors (Lipinski definition) is 2. The van der Waals surface area contributed by atoms with Gasteiger partial charge in [0.2, 0.25) is 5.91 Å². The molecule has 16 heavy (non-hydrogen) atoms. The average Bonchev–Trinajstić information content (AvgIpc) is 2.64. The van der Waals surface area contributed by atoms with E-state index in [9.17, 15) is 4.79 Å². The van der Waals surface area contributed by atoms with Gasteiger partial charge in [0, 0.05) is 17.2 Å². The number of amides is 1. The van der Waals surface area contributed by atoms with Crippen LogP contribution in [0.3, 0.4) is 0 Å². The first-order valence-electron chi connectivity index (χ1n) is 5.35. The second-order valence-electron chi connectivity index (χ2n) is 4.78. The second kappa shape index (κ2) is 4.99. The molecule has 0 aliphatic heterocycles. The molecule has 0 saturated carbocycles. The number of carbonyl (C=O) groups is 1. The number of hydrogen-bond donors (Lipinski definition) is 2. The third-order valence-corrected chi connectivity index (χ3v) is 3.34. The summed E-state index contributed by atoms with van der Waals surface area (Å²) in [4.78, 5) is 11.4. The zero-order valence-electron chi connectivity index (χ0n) is 10.1. The van der Waals surface area contributed by atoms with Gasteiger partial charge in [-0.2, -0.15) is 5.10 Å². The predicted molar refractivity (Wildman–Crippen MR) is 68.9 cm³/mol. The van der Waals surface area contributed by atoms with Crippen LogP contribution in [0, 0.1) is 0 Å². The minimum atomic E-state index is -0.165. The van der Waals surface area contributed by atoms with E-state index in [1.807, 2.05) is 13.0 Å². The zero-order chi connectivity index (χ0) is 12.3. The predicted octanol–water partition coefficient (Wildman–Crippen LogP) is 2.82. The molecule has 1 atom stereocenters. The summed E-state index contributed by atoms with van der Waals surface area (Å²) in [6, 6.07) is 1.87. The van der Waals surface area contributed by atoms with Crippen LogP contribution in [0.5, 0.6) is 0 Å². The highest BCUT2D eigenvalue weighted by atomic mass is 79.9. The van der Waals surface area contributed by atoms with Crippen molar-refractivity contribution in [3.63, 3.8) is 0 Å². The molecular formula is C11H18BrN3O. The summed E-state index contributed by atoms with van der Waals surface area (Å²) in [5.74, 6) is 0.516. The Hall–Kier alpha value is -0.840. The maximum absolute atomic E-state index is 11.6. The molecular weight excluding hydrogens is 270 g/mol. The Balaban J connectivity index is 2.70. The molecule has 1 heterocycles. The van der Waals surface area contributed by atoms with Crippen LogP contribution in [-0.4, -0.2) is 20.9 Å². The van der Waals surface area contributed by atoms with Crippen molar-refractivity contribution in [1.82, 2.24) is 10.2 Å². The molecule has 1 rings (SSSR count). The highest BCUT2D eigenvalue weighted by Gasteiger charge is 2.18. The Labute approximate surface area is 104 Å². The van der Waals surface area contributed by atoms with E-state index in [1.165, 1.54) is 0 Å². The number of aromatic nitrogens is 2. The van der Waals surface area contributed by atoms with E-state index in [0.29, 0.717) is 5.82 Å². The molecule has 0 radical (unpaired) electrons. The molecule has 1 aromatic rings. The maximum Gasteiger partial charge on any atom is 0.239 e. The number of nitrogens with one attached hydrogen (secondary N) is 2. The van der Waals surface area contributed by atoms with Crippen LogP contribution in [0.15, 0.2) is 6.07 Å². The molecule has 4 nitrogen and oxygen atoms in total. The summed E-state index contributed by atoms with van der Waals surface area (Å²) in [6.45, 7) is 8.21. The van der Waals surface area contributed by atoms with E-state index in [1.54, 1.807) is 0 Å². The van der Waals surface area contributed by atoms with E-state index in [2.05, 4.69) is 52.2 Å². The zero-order valence-corrected chi connectivity index (χ0v) is 11.7. The number of alkyl halides is 1. The molecule has 0 bridgehead atoms. The van der Waals surface area contributed by atoms with Gasteiger partial charge in [-0.15, -0.1) is 0 Å². The van der Waals surface area contributed by atoms with E-state index in [-0.39, 0.29) is 16.1 Å². The number of rotatable bonds is 3. The standard InChI is InChI=1S/C11H18BrN3O/c1-5-7(12)10(16)13-9-6-8(14-15-9)11(2,3)4/h6-7H,5H2,1-4H3,(H2,13,14,15,16). The lowest BCUT2D eigenvalue weighted by molar-refractivity contribution is -0.115. The average molecular weight is 288 g/mol. The minimum absolute atomic E-state index is 0.00847. The van der Waals surface area contributed by atoms with E-state index >= 15 is 0 Å². The van der Waals surface area contributed by atoms with Gasteiger partial charge in [-0.05, 0) is 6.42 Å². The van der Waals surface area contributed by atoms with Crippen LogP contribution in [0.4, 0.5) is 5.82 Å². The van der Waals surface area contributed by atoms with Gasteiger partial charge in [-0.1, -0.05) is 43.6 Å². The first-order chi connectivity index (χ1) is 7.34. The molecule has 1 amide bonds. The lowest BCUT2D eigenvalue weighted by Gasteiger charge is -2.14. The Morgan fingerprint density at radius 2 is 2.25 bits per heavy atom. The smallest absolute Gasteiger partial charge is 0.239 e. The van der Waals surface area contributed by atoms with Crippen molar-refractivity contribution >= 4 is 27.7 Å². The molecule has 90 valence electrons. The van der Waals surface area contributed by atoms with Crippen molar-refractivity contribution in [2.24, 2.45) is 0 Å². The molecule has 5 heteroatoms. The van der Waals surface area contributed by atoms with Crippen molar-refractivity contribution in [1.29, 1.82) is 0 Å². The number of H-pyrrole nitrogens is 1. The van der Waals surface area contributed by atoms with Crippen LogP contribution in [0.25, 0.3) is 0 Å². The number of anilines is 1. The fraction of sp³-hybridized carbons (Fsp3) is 0.636. The van der Waals surface area contributed by atoms with Gasteiger partial charge in [0.15, 0.2) is 5.82 Å². The number of aromatic amines is 1. The lowest BCUT2D eigenvalue weighted by atomic mass is 9.92. The number of halogens is 1. The number of nitrogens with zero attached hydrogens (tertiary/aromatic N) is 1. The summed E-state index contributed by atoms with van der Waals surface area (Å²) < 4.78 is 0. The Bertz CT molecular complexity index is 368. The fourth-order valence-corrected chi connectivity index (χ4v) is 1.27. The minimum Gasteiger partial charge on any atom is -0.308 e. The lowest BCUT2D eigenvalue weighted by Crippen LogP contribution is -2.22. The summed E-state index contributed by atoms with van der Waals surface area (Å²) in [6.07, 6.45) is 0.752. The molecule has 1 aromatic heterocycles. The fourth-order valence-electron chi connectivity index (χ4n) is 1.16. The third kappa shape index (κ3) is 3.33. The summed E-state index contributed by atoms with van der Waals surface area (Å²) in [5, 5.41) is 9.75. The third-order valence-electron chi connectivity index (χ3n) is 2.28. The quantitative estimate of drug-likeness (QED) is 0.840. The van der Waals surface area contributed by atoms with Gasteiger partial charge in [0.05, 0.1) is 4.83 Å². The SMILES string of the molecule is CCC(Br)C(=O)Nc1cc(C(C)(C)C)[nH]n1. The van der Waals surface area contributed by atoms with Gasteiger partial charge in [-0.25, -0.2) is 0 Å². The van der Waals surface area contributed by atoms with Crippen LogP contribution in [0.1, 0.15) is 39.8 Å². The van der Waals surface area contributed by atoms with E-state index in [4.69, 9.17) is 0 Å². The monoisotopic (exact) mass is 287 g/mol. The van der Waals surface area contributed by atoms with Crippen LogP contribution in [-0.2, 0) is 10.2 Å². The molecule has 2 N–H and O–H groups in total. The molecule has 0 fully saturated rings. The summed E-state index contributed by atoms with van der Waals surface area (Å²) in [7, 11) is 0. The largest absolute Gasteiger partial charge is 0.308 e. The van der Waals surface area contributed by atoms with Gasteiger partial charge in [-0.3, -0.25) is 9.89 Å². The van der Waals surface area contributed by atoms with Crippen molar-refractivity contribution in [3.05, 3.63) is 11.8 Å². The van der Waals surface area contributed by atoms with E-state index in [0.717, 1.165) is 12.1 Å². The number of carbonyl (C=O) groups excluding carboxylic acids is 1. The molecule has 0 aromatic carbocycles. The second-order valence-corrected chi connectivity index (χ2v) is 5.89. The summed E-state index contributed by atoms with van der Waals surface area (Å²) >= 11 is 3.30. The van der Waals surface area contributed by atoms with Gasteiger partial charge >= 0.3 is 0 Å². The van der Waals surface area contributed by atoms with Gasteiger partial charge in [0.1, 0.15) is 0 Å². The van der Waals surface area contributed by atoms with Crippen LogP contribution in [0.2, 0.25) is 0 Å². The van der Waals surface area contributed by atoms with Crippen molar-refractivity contribution in [3.8, 4) is 0 Å². The highest BCUT2D eigenvalue weighted by molar-refractivity contribution is 9.10. The first kappa shape index (κ1) is 13.2. The molecule has 0 saturated heterocycles. The van der Waals surface area contributed by atoms with Crippen molar-refractivity contribution < 1.29 is 4.79 Å².